The van der Waals surface area contributed by atoms with Crippen LogP contribution in [0, 0.1) is 5.92 Å². The molecule has 6 heteroatoms. The number of aromatic nitrogens is 1. The van der Waals surface area contributed by atoms with Crippen LogP contribution in [0.15, 0.2) is 39.8 Å². The van der Waals surface area contributed by atoms with Crippen LogP contribution in [-0.4, -0.2) is 24.4 Å². The normalized spacial score (nSPS) is 18.7. The van der Waals surface area contributed by atoms with E-state index in [1.807, 2.05) is 18.2 Å². The number of hydrogen-bond donors (Lipinski definition) is 0. The number of sulfonamides is 1. The van der Waals surface area contributed by atoms with E-state index in [4.69, 9.17) is 4.52 Å². The second-order valence-corrected chi connectivity index (χ2v) is 9.37. The summed E-state index contributed by atoms with van der Waals surface area (Å²) in [6.45, 7) is 6.92. The van der Waals surface area contributed by atoms with Crippen molar-refractivity contribution in [2.75, 3.05) is 6.54 Å². The fourth-order valence-corrected chi connectivity index (χ4v) is 5.25. The summed E-state index contributed by atoms with van der Waals surface area (Å²) in [5.74, 6) is 1.37. The summed E-state index contributed by atoms with van der Waals surface area (Å²) in [7, 11) is -3.53. The lowest BCUT2D eigenvalue weighted by molar-refractivity contribution is 0.343. The molecule has 3 rings (SSSR count). The molecular formula is C20H28N2O3S. The molecule has 1 aliphatic rings. The second-order valence-electron chi connectivity index (χ2n) is 7.48. The van der Waals surface area contributed by atoms with E-state index in [9.17, 15) is 8.42 Å². The van der Waals surface area contributed by atoms with Crippen molar-refractivity contribution in [1.29, 1.82) is 0 Å². The summed E-state index contributed by atoms with van der Waals surface area (Å²) in [4.78, 5) is 0.356. The summed E-state index contributed by atoms with van der Waals surface area (Å²) in [5.41, 5.74) is 1.89. The van der Waals surface area contributed by atoms with Crippen LogP contribution < -0.4 is 0 Å². The summed E-state index contributed by atoms with van der Waals surface area (Å²) in [6, 6.07) is 8.99. The monoisotopic (exact) mass is 376 g/mol. The van der Waals surface area contributed by atoms with E-state index >= 15 is 0 Å². The van der Waals surface area contributed by atoms with Crippen LogP contribution in [0.4, 0.5) is 0 Å². The van der Waals surface area contributed by atoms with Gasteiger partial charge >= 0.3 is 0 Å². The molecule has 5 nitrogen and oxygen atoms in total. The Labute approximate surface area is 156 Å². The molecule has 0 spiro atoms. The molecule has 1 fully saturated rings. The van der Waals surface area contributed by atoms with E-state index in [-0.39, 0.29) is 6.04 Å². The van der Waals surface area contributed by atoms with Crippen molar-refractivity contribution in [2.45, 2.75) is 63.8 Å². The van der Waals surface area contributed by atoms with Crippen LogP contribution >= 0.6 is 0 Å². The van der Waals surface area contributed by atoms with Crippen molar-refractivity contribution < 1.29 is 12.9 Å². The molecular weight excluding hydrogens is 348 g/mol. The Bertz CT molecular complexity index is 825. The van der Waals surface area contributed by atoms with Crippen LogP contribution in [0.25, 0.3) is 0 Å². The van der Waals surface area contributed by atoms with Gasteiger partial charge in [0, 0.05) is 19.0 Å². The van der Waals surface area contributed by atoms with Gasteiger partial charge in [0.25, 0.3) is 0 Å². The Kier molecular flexibility index (Phi) is 5.82. The van der Waals surface area contributed by atoms with Crippen molar-refractivity contribution in [3.63, 3.8) is 0 Å². The number of nitrogens with zero attached hydrogens (tertiary/aromatic N) is 2. The molecule has 1 aliphatic heterocycles. The minimum absolute atomic E-state index is 0.232. The standard InChI is InChI=1S/C20H28N2O3S/c1-4-6-17-14-19(21-25-17)20-7-5-12-22(20)26(23,24)18-10-8-16(9-11-18)13-15(2)3/h8-11,14-15,20H,4-7,12-13H2,1-3H3. The van der Waals surface area contributed by atoms with Crippen LogP contribution in [0.3, 0.4) is 0 Å². The highest BCUT2D eigenvalue weighted by atomic mass is 32.2. The predicted octanol–water partition coefficient (Wildman–Crippen LogP) is 4.35. The minimum Gasteiger partial charge on any atom is -0.361 e. The van der Waals surface area contributed by atoms with Gasteiger partial charge in [-0.25, -0.2) is 8.42 Å². The Morgan fingerprint density at radius 2 is 2.00 bits per heavy atom. The Morgan fingerprint density at radius 3 is 2.65 bits per heavy atom. The van der Waals surface area contributed by atoms with E-state index in [2.05, 4.69) is 25.9 Å². The van der Waals surface area contributed by atoms with Crippen molar-refractivity contribution >= 4 is 10.0 Å². The molecule has 1 atom stereocenters. The van der Waals surface area contributed by atoms with Crippen LogP contribution in [0.5, 0.6) is 0 Å². The van der Waals surface area contributed by atoms with Gasteiger partial charge in [-0.2, -0.15) is 4.31 Å². The first kappa shape index (κ1) is 19.1. The predicted molar refractivity (Wildman–Crippen MR) is 101 cm³/mol. The maximum Gasteiger partial charge on any atom is 0.243 e. The third-order valence-corrected chi connectivity index (χ3v) is 6.71. The summed E-state index contributed by atoms with van der Waals surface area (Å²) in [5, 5.41) is 4.14. The van der Waals surface area contributed by atoms with Gasteiger partial charge in [-0.15, -0.1) is 0 Å². The van der Waals surface area contributed by atoms with Gasteiger partial charge in [-0.05, 0) is 49.3 Å². The lowest BCUT2D eigenvalue weighted by Crippen LogP contribution is -2.30. The molecule has 1 aromatic carbocycles. The Morgan fingerprint density at radius 1 is 1.27 bits per heavy atom. The third kappa shape index (κ3) is 4.01. The highest BCUT2D eigenvalue weighted by Gasteiger charge is 2.37. The average molecular weight is 377 g/mol. The minimum atomic E-state index is -3.53. The van der Waals surface area contributed by atoms with E-state index in [1.54, 1.807) is 16.4 Å². The van der Waals surface area contributed by atoms with Crippen LogP contribution in [0.1, 0.15) is 63.1 Å². The van der Waals surface area contributed by atoms with E-state index < -0.39 is 10.0 Å². The Hall–Kier alpha value is -1.66. The molecule has 1 saturated heterocycles. The first-order valence-corrected chi connectivity index (χ1v) is 10.9. The lowest BCUT2D eigenvalue weighted by Gasteiger charge is -2.22. The summed E-state index contributed by atoms with van der Waals surface area (Å²) in [6.07, 6.45) is 4.37. The smallest absolute Gasteiger partial charge is 0.243 e. The zero-order valence-electron chi connectivity index (χ0n) is 15.8. The van der Waals surface area contributed by atoms with Crippen molar-refractivity contribution in [2.24, 2.45) is 5.92 Å². The van der Waals surface area contributed by atoms with Crippen molar-refractivity contribution in [1.82, 2.24) is 9.46 Å². The van der Waals surface area contributed by atoms with Crippen LogP contribution in [0.2, 0.25) is 0 Å². The first-order chi connectivity index (χ1) is 12.4. The molecule has 26 heavy (non-hydrogen) atoms. The topological polar surface area (TPSA) is 63.4 Å². The van der Waals surface area contributed by atoms with Gasteiger partial charge in [-0.1, -0.05) is 38.1 Å². The van der Waals surface area contributed by atoms with E-state index in [0.29, 0.717) is 17.4 Å². The second kappa shape index (κ2) is 7.92. The zero-order valence-corrected chi connectivity index (χ0v) is 16.6. The molecule has 0 amide bonds. The van der Waals surface area contributed by atoms with Crippen molar-refractivity contribution in [3.8, 4) is 0 Å². The molecule has 0 bridgehead atoms. The molecule has 2 heterocycles. The fourth-order valence-electron chi connectivity index (χ4n) is 3.58. The summed E-state index contributed by atoms with van der Waals surface area (Å²) < 4.78 is 33.3. The maximum atomic E-state index is 13.2. The van der Waals surface area contributed by atoms with E-state index in [0.717, 1.165) is 49.1 Å². The molecule has 0 saturated carbocycles. The average Bonchev–Trinajstić information content (AvgIpc) is 3.24. The van der Waals surface area contributed by atoms with Crippen molar-refractivity contribution in [3.05, 3.63) is 47.3 Å². The maximum absolute atomic E-state index is 13.2. The number of hydrogen-bond acceptors (Lipinski definition) is 4. The fraction of sp³-hybridized carbons (Fsp3) is 0.550. The molecule has 1 aromatic heterocycles. The van der Waals surface area contributed by atoms with Gasteiger partial charge < -0.3 is 4.52 Å². The number of rotatable bonds is 7. The van der Waals surface area contributed by atoms with Gasteiger partial charge in [0.1, 0.15) is 11.5 Å². The Balaban J connectivity index is 1.82. The quantitative estimate of drug-likeness (QED) is 0.720. The first-order valence-electron chi connectivity index (χ1n) is 9.48. The van der Waals surface area contributed by atoms with Crippen LogP contribution in [-0.2, 0) is 22.9 Å². The number of benzene rings is 1. The highest BCUT2D eigenvalue weighted by Crippen LogP contribution is 2.36. The molecule has 2 aromatic rings. The lowest BCUT2D eigenvalue weighted by atomic mass is 10.0. The largest absolute Gasteiger partial charge is 0.361 e. The highest BCUT2D eigenvalue weighted by molar-refractivity contribution is 7.89. The van der Waals surface area contributed by atoms with Gasteiger partial charge in [0.15, 0.2) is 0 Å². The van der Waals surface area contributed by atoms with Gasteiger partial charge in [0.05, 0.1) is 10.9 Å². The molecule has 1 unspecified atom stereocenters. The third-order valence-electron chi connectivity index (χ3n) is 4.79. The molecule has 0 aliphatic carbocycles. The zero-order chi connectivity index (χ0) is 18.7. The van der Waals surface area contributed by atoms with E-state index in [1.165, 1.54) is 0 Å². The van der Waals surface area contributed by atoms with Gasteiger partial charge in [-0.3, -0.25) is 0 Å². The summed E-state index contributed by atoms with van der Waals surface area (Å²) >= 11 is 0. The molecule has 0 N–H and O–H groups in total. The SMILES string of the molecule is CCCc1cc(C2CCCN2S(=O)(=O)c2ccc(CC(C)C)cc2)no1. The molecule has 0 radical (unpaired) electrons. The van der Waals surface area contributed by atoms with Gasteiger partial charge in [0.2, 0.25) is 10.0 Å². The number of aryl methyl sites for hydroxylation is 1. The molecule has 142 valence electrons.